The van der Waals surface area contributed by atoms with Gasteiger partial charge in [-0.05, 0) is 36.4 Å². The van der Waals surface area contributed by atoms with E-state index >= 15 is 0 Å². The van der Waals surface area contributed by atoms with Gasteiger partial charge in [0.2, 0.25) is 5.91 Å². The minimum atomic E-state index is -0.476. The van der Waals surface area contributed by atoms with E-state index in [0.717, 1.165) is 11.1 Å². The number of amides is 1. The average molecular weight is 428 g/mol. The molecule has 0 saturated carbocycles. The van der Waals surface area contributed by atoms with Crippen LogP contribution in [-0.4, -0.2) is 10.9 Å². The number of aromatic nitrogens is 1. The Balaban J connectivity index is 1.57. The van der Waals surface area contributed by atoms with Gasteiger partial charge < -0.3 is 15.1 Å². The van der Waals surface area contributed by atoms with Crippen LogP contribution in [0.2, 0.25) is 0 Å². The lowest BCUT2D eigenvalue weighted by Gasteiger charge is -2.04. The summed E-state index contributed by atoms with van der Waals surface area (Å²) in [6.45, 7) is 1.44. The molecule has 0 radical (unpaired) electrons. The SMILES string of the molecule is CC(=O)Nc1ccc(NC=C(C#N)c2nc(-c3cc4ccccc4oc3=O)cs2)cc1. The van der Waals surface area contributed by atoms with E-state index in [1.165, 1.54) is 18.3 Å². The summed E-state index contributed by atoms with van der Waals surface area (Å²) < 4.78 is 5.37. The van der Waals surface area contributed by atoms with Gasteiger partial charge in [-0.25, -0.2) is 9.78 Å². The molecule has 0 aliphatic heterocycles. The van der Waals surface area contributed by atoms with E-state index in [2.05, 4.69) is 21.7 Å². The number of carbonyl (C=O) groups excluding carboxylic acids is 1. The Kier molecular flexibility index (Phi) is 5.60. The second kappa shape index (κ2) is 8.65. The molecular formula is C23H16N4O3S. The van der Waals surface area contributed by atoms with Crippen LogP contribution in [-0.2, 0) is 4.79 Å². The molecule has 152 valence electrons. The molecule has 0 aliphatic carbocycles. The maximum Gasteiger partial charge on any atom is 0.345 e. The van der Waals surface area contributed by atoms with Crippen molar-refractivity contribution in [3.8, 4) is 17.3 Å². The van der Waals surface area contributed by atoms with Crippen LogP contribution in [0.15, 0.2) is 75.4 Å². The highest BCUT2D eigenvalue weighted by Gasteiger charge is 2.13. The number of nitrogens with one attached hydrogen (secondary N) is 2. The van der Waals surface area contributed by atoms with Crippen molar-refractivity contribution in [3.63, 3.8) is 0 Å². The molecule has 2 N–H and O–H groups in total. The molecule has 31 heavy (non-hydrogen) atoms. The zero-order valence-electron chi connectivity index (χ0n) is 16.4. The van der Waals surface area contributed by atoms with Crippen LogP contribution in [0, 0.1) is 11.3 Å². The van der Waals surface area contributed by atoms with Crippen LogP contribution in [0.3, 0.4) is 0 Å². The average Bonchev–Trinajstić information content (AvgIpc) is 3.24. The first kappa shape index (κ1) is 20.1. The van der Waals surface area contributed by atoms with E-state index in [1.54, 1.807) is 54.0 Å². The summed E-state index contributed by atoms with van der Waals surface area (Å²) in [6, 6.07) is 18.2. The first-order valence-electron chi connectivity index (χ1n) is 9.27. The Bertz CT molecular complexity index is 1390. The van der Waals surface area contributed by atoms with Crippen LogP contribution < -0.4 is 16.3 Å². The highest BCUT2D eigenvalue weighted by molar-refractivity contribution is 7.11. The van der Waals surface area contributed by atoms with Crippen molar-refractivity contribution in [1.29, 1.82) is 5.26 Å². The van der Waals surface area contributed by atoms with Gasteiger partial charge in [0.05, 0.1) is 11.3 Å². The van der Waals surface area contributed by atoms with Gasteiger partial charge in [0.1, 0.15) is 22.2 Å². The Morgan fingerprint density at radius 2 is 1.90 bits per heavy atom. The van der Waals surface area contributed by atoms with Crippen molar-refractivity contribution in [2.75, 3.05) is 10.6 Å². The minimum Gasteiger partial charge on any atom is -0.422 e. The molecule has 0 saturated heterocycles. The normalized spacial score (nSPS) is 11.2. The molecule has 1 amide bonds. The predicted octanol–water partition coefficient (Wildman–Crippen LogP) is 4.85. The molecule has 0 fully saturated rings. The van der Waals surface area contributed by atoms with Crippen molar-refractivity contribution >= 4 is 45.2 Å². The summed E-state index contributed by atoms with van der Waals surface area (Å²) in [5, 5.41) is 18.3. The third-order valence-electron chi connectivity index (χ3n) is 4.36. The summed E-state index contributed by atoms with van der Waals surface area (Å²) in [5.74, 6) is -0.146. The molecule has 8 heteroatoms. The number of fused-ring (bicyclic) bond motifs is 1. The van der Waals surface area contributed by atoms with Gasteiger partial charge in [-0.1, -0.05) is 18.2 Å². The molecule has 2 aromatic carbocycles. The van der Waals surface area contributed by atoms with Crippen LogP contribution in [0.25, 0.3) is 27.8 Å². The zero-order valence-corrected chi connectivity index (χ0v) is 17.2. The van der Waals surface area contributed by atoms with Crippen LogP contribution in [0.4, 0.5) is 11.4 Å². The van der Waals surface area contributed by atoms with E-state index in [-0.39, 0.29) is 5.91 Å². The molecule has 7 nitrogen and oxygen atoms in total. The topological polar surface area (TPSA) is 108 Å². The zero-order chi connectivity index (χ0) is 21.8. The van der Waals surface area contributed by atoms with Gasteiger partial charge in [-0.3, -0.25) is 4.79 Å². The summed E-state index contributed by atoms with van der Waals surface area (Å²) in [7, 11) is 0. The molecule has 0 unspecified atom stereocenters. The number of allylic oxidation sites excluding steroid dienone is 1. The second-order valence-corrected chi connectivity index (χ2v) is 7.45. The van der Waals surface area contributed by atoms with Gasteiger partial charge in [0.15, 0.2) is 0 Å². The molecule has 0 atom stereocenters. The first-order valence-corrected chi connectivity index (χ1v) is 10.1. The number of benzene rings is 2. The predicted molar refractivity (Wildman–Crippen MR) is 122 cm³/mol. The fraction of sp³-hybridized carbons (Fsp3) is 0.0435. The lowest BCUT2D eigenvalue weighted by atomic mass is 10.1. The molecule has 4 rings (SSSR count). The Morgan fingerprint density at radius 1 is 1.16 bits per heavy atom. The lowest BCUT2D eigenvalue weighted by molar-refractivity contribution is -0.114. The van der Waals surface area contributed by atoms with Gasteiger partial charge in [-0.15, -0.1) is 11.3 Å². The van der Waals surface area contributed by atoms with Crippen LogP contribution >= 0.6 is 11.3 Å². The summed E-state index contributed by atoms with van der Waals surface area (Å²) in [4.78, 5) is 27.9. The van der Waals surface area contributed by atoms with Crippen LogP contribution in [0.5, 0.6) is 0 Å². The highest BCUT2D eigenvalue weighted by Crippen LogP contribution is 2.26. The van der Waals surface area contributed by atoms with E-state index in [1.807, 2.05) is 12.1 Å². The Morgan fingerprint density at radius 3 is 2.65 bits per heavy atom. The maximum absolute atomic E-state index is 12.4. The number of nitriles is 1. The van der Waals surface area contributed by atoms with E-state index in [0.29, 0.717) is 33.1 Å². The van der Waals surface area contributed by atoms with Crippen molar-refractivity contribution in [2.24, 2.45) is 0 Å². The van der Waals surface area contributed by atoms with Crippen molar-refractivity contribution < 1.29 is 9.21 Å². The second-order valence-electron chi connectivity index (χ2n) is 6.60. The van der Waals surface area contributed by atoms with E-state index in [9.17, 15) is 14.9 Å². The maximum atomic E-state index is 12.4. The number of carbonyl (C=O) groups is 1. The van der Waals surface area contributed by atoms with Gasteiger partial charge in [0, 0.05) is 35.3 Å². The molecule has 0 aliphatic rings. The third kappa shape index (κ3) is 4.52. The fourth-order valence-electron chi connectivity index (χ4n) is 2.91. The van der Waals surface area contributed by atoms with Crippen molar-refractivity contribution in [1.82, 2.24) is 4.98 Å². The third-order valence-corrected chi connectivity index (χ3v) is 5.24. The summed E-state index contributed by atoms with van der Waals surface area (Å²) >= 11 is 1.27. The standard InChI is InChI=1S/C23H16N4O3S/c1-14(28)26-18-8-6-17(7-9-18)25-12-16(11-24)22-27-20(13-31-22)19-10-15-4-2-3-5-21(15)30-23(19)29/h2-10,12-13,25H,1H3,(H,26,28). The number of nitrogens with zero attached hydrogens (tertiary/aromatic N) is 2. The van der Waals surface area contributed by atoms with Crippen molar-refractivity contribution in [2.45, 2.75) is 6.92 Å². The van der Waals surface area contributed by atoms with Crippen LogP contribution in [0.1, 0.15) is 11.9 Å². The fourth-order valence-corrected chi connectivity index (χ4v) is 3.70. The number of rotatable bonds is 5. The Labute approximate surface area is 181 Å². The quantitative estimate of drug-likeness (QED) is 0.347. The number of thiazole rings is 1. The minimum absolute atomic E-state index is 0.146. The van der Waals surface area contributed by atoms with Crippen molar-refractivity contribution in [3.05, 3.63) is 81.6 Å². The monoisotopic (exact) mass is 428 g/mol. The van der Waals surface area contributed by atoms with Gasteiger partial charge in [0.25, 0.3) is 0 Å². The van der Waals surface area contributed by atoms with E-state index in [4.69, 9.17) is 4.42 Å². The molecule has 0 bridgehead atoms. The summed E-state index contributed by atoms with van der Waals surface area (Å²) in [6.07, 6.45) is 1.55. The molecule has 2 aromatic heterocycles. The molecular weight excluding hydrogens is 412 g/mol. The van der Waals surface area contributed by atoms with Gasteiger partial charge >= 0.3 is 5.63 Å². The van der Waals surface area contributed by atoms with E-state index < -0.39 is 5.63 Å². The molecule has 0 spiro atoms. The Hall–Kier alpha value is -4.22. The number of hydrogen-bond acceptors (Lipinski definition) is 7. The lowest BCUT2D eigenvalue weighted by Crippen LogP contribution is -2.05. The summed E-state index contributed by atoms with van der Waals surface area (Å²) in [5.41, 5.74) is 2.59. The van der Waals surface area contributed by atoms with Gasteiger partial charge in [-0.2, -0.15) is 5.26 Å². The molecule has 4 aromatic rings. The highest BCUT2D eigenvalue weighted by atomic mass is 32.1. The largest absolute Gasteiger partial charge is 0.422 e. The molecule has 2 heterocycles. The number of para-hydroxylation sites is 1. The smallest absolute Gasteiger partial charge is 0.345 e. The number of hydrogen-bond donors (Lipinski definition) is 2. The first-order chi connectivity index (χ1) is 15.0. The number of anilines is 2.